The first-order chi connectivity index (χ1) is 16.3. The predicted octanol–water partition coefficient (Wildman–Crippen LogP) is 8.44. The molecule has 0 fully saturated rings. The molecular formula is C30H19ClN2. The third-order valence-corrected chi connectivity index (χ3v) is 6.18. The molecule has 33 heavy (non-hydrogen) atoms. The van der Waals surface area contributed by atoms with Crippen molar-refractivity contribution >= 4 is 33.1 Å². The van der Waals surface area contributed by atoms with E-state index < -0.39 is 0 Å². The summed E-state index contributed by atoms with van der Waals surface area (Å²) >= 11 is 6.50. The molecule has 6 rings (SSSR count). The van der Waals surface area contributed by atoms with Crippen molar-refractivity contribution in [2.75, 3.05) is 0 Å². The number of hydrogen-bond acceptors (Lipinski definition) is 2. The van der Waals surface area contributed by atoms with E-state index in [0.717, 1.165) is 27.8 Å². The molecule has 1 heterocycles. The minimum atomic E-state index is 0.430. The van der Waals surface area contributed by atoms with Gasteiger partial charge in [-0.05, 0) is 38.7 Å². The van der Waals surface area contributed by atoms with Crippen LogP contribution < -0.4 is 0 Å². The molecule has 1 aromatic heterocycles. The van der Waals surface area contributed by atoms with Crippen molar-refractivity contribution < 1.29 is 0 Å². The molecule has 0 aliphatic carbocycles. The molecule has 156 valence electrons. The fourth-order valence-electron chi connectivity index (χ4n) is 4.39. The molecule has 0 radical (unpaired) electrons. The summed E-state index contributed by atoms with van der Waals surface area (Å²) in [5.41, 5.74) is 5.14. The number of halogens is 1. The highest BCUT2D eigenvalue weighted by atomic mass is 35.5. The minimum absolute atomic E-state index is 0.430. The first-order valence-corrected chi connectivity index (χ1v) is 11.3. The van der Waals surface area contributed by atoms with Gasteiger partial charge in [-0.1, -0.05) is 115 Å². The zero-order valence-corrected chi connectivity index (χ0v) is 18.5. The molecule has 3 heteroatoms. The summed E-state index contributed by atoms with van der Waals surface area (Å²) in [4.78, 5) is 9.47. The van der Waals surface area contributed by atoms with Crippen LogP contribution in [0.2, 0.25) is 5.15 Å². The van der Waals surface area contributed by atoms with Crippen molar-refractivity contribution in [2.24, 2.45) is 0 Å². The summed E-state index contributed by atoms with van der Waals surface area (Å²) in [6.45, 7) is 0. The molecule has 0 spiro atoms. The Hall–Kier alpha value is -4.01. The van der Waals surface area contributed by atoms with Crippen LogP contribution in [0.4, 0.5) is 0 Å². The molecule has 0 N–H and O–H groups in total. The predicted molar refractivity (Wildman–Crippen MR) is 138 cm³/mol. The Kier molecular flexibility index (Phi) is 4.86. The van der Waals surface area contributed by atoms with Crippen molar-refractivity contribution in [3.8, 4) is 33.8 Å². The number of rotatable bonds is 3. The monoisotopic (exact) mass is 442 g/mol. The third kappa shape index (κ3) is 3.65. The quantitative estimate of drug-likeness (QED) is 0.203. The van der Waals surface area contributed by atoms with Gasteiger partial charge in [0.15, 0.2) is 5.82 Å². The molecule has 0 atom stereocenters. The lowest BCUT2D eigenvalue weighted by atomic mass is 9.95. The molecule has 0 unspecified atom stereocenters. The van der Waals surface area contributed by atoms with Gasteiger partial charge < -0.3 is 0 Å². The van der Waals surface area contributed by atoms with Crippen LogP contribution in [-0.2, 0) is 0 Å². The lowest BCUT2D eigenvalue weighted by molar-refractivity contribution is 1.18. The Labute approximate surface area is 197 Å². The highest BCUT2D eigenvalue weighted by Gasteiger charge is 2.13. The van der Waals surface area contributed by atoms with Crippen LogP contribution in [0.25, 0.3) is 55.3 Å². The maximum atomic E-state index is 6.50. The number of aromatic nitrogens is 2. The van der Waals surface area contributed by atoms with Crippen LogP contribution in [0.1, 0.15) is 0 Å². The average Bonchev–Trinajstić information content (AvgIpc) is 2.88. The van der Waals surface area contributed by atoms with Gasteiger partial charge in [-0.25, -0.2) is 9.97 Å². The summed E-state index contributed by atoms with van der Waals surface area (Å²) in [6.07, 6.45) is 0. The molecule has 0 aliphatic heterocycles. The summed E-state index contributed by atoms with van der Waals surface area (Å²) in [5.74, 6) is 0.620. The lowest BCUT2D eigenvalue weighted by Gasteiger charge is -2.12. The van der Waals surface area contributed by atoms with Crippen molar-refractivity contribution in [2.45, 2.75) is 0 Å². The second-order valence-electron chi connectivity index (χ2n) is 8.03. The van der Waals surface area contributed by atoms with Crippen LogP contribution in [0.5, 0.6) is 0 Å². The first kappa shape index (κ1) is 19.7. The van der Waals surface area contributed by atoms with Crippen molar-refractivity contribution in [1.82, 2.24) is 9.97 Å². The van der Waals surface area contributed by atoms with Crippen molar-refractivity contribution in [3.05, 3.63) is 120 Å². The molecule has 0 saturated carbocycles. The molecule has 2 nitrogen and oxygen atoms in total. The van der Waals surface area contributed by atoms with Gasteiger partial charge in [-0.2, -0.15) is 0 Å². The van der Waals surface area contributed by atoms with E-state index in [-0.39, 0.29) is 0 Å². The molecule has 0 saturated heterocycles. The van der Waals surface area contributed by atoms with E-state index in [1.165, 1.54) is 21.7 Å². The smallest absolute Gasteiger partial charge is 0.161 e. The molecule has 5 aromatic carbocycles. The number of benzene rings is 5. The van der Waals surface area contributed by atoms with Crippen LogP contribution in [0.15, 0.2) is 115 Å². The second-order valence-corrected chi connectivity index (χ2v) is 8.42. The van der Waals surface area contributed by atoms with Gasteiger partial charge >= 0.3 is 0 Å². The Morgan fingerprint density at radius 3 is 1.88 bits per heavy atom. The average molecular weight is 443 g/mol. The normalized spacial score (nSPS) is 11.2. The Morgan fingerprint density at radius 1 is 0.485 bits per heavy atom. The lowest BCUT2D eigenvalue weighted by Crippen LogP contribution is -1.94. The molecule has 0 aliphatic rings. The van der Waals surface area contributed by atoms with E-state index >= 15 is 0 Å². The Morgan fingerprint density at radius 2 is 1.09 bits per heavy atom. The van der Waals surface area contributed by atoms with E-state index in [2.05, 4.69) is 96.0 Å². The van der Waals surface area contributed by atoms with Gasteiger partial charge in [0, 0.05) is 17.2 Å². The van der Waals surface area contributed by atoms with Gasteiger partial charge in [0.25, 0.3) is 0 Å². The highest BCUT2D eigenvalue weighted by Crippen LogP contribution is 2.35. The van der Waals surface area contributed by atoms with Gasteiger partial charge in [0.1, 0.15) is 5.15 Å². The molecule has 6 aromatic rings. The van der Waals surface area contributed by atoms with Gasteiger partial charge in [0.05, 0.1) is 5.69 Å². The van der Waals surface area contributed by atoms with Crippen molar-refractivity contribution in [1.29, 1.82) is 0 Å². The molecular weight excluding hydrogens is 424 g/mol. The van der Waals surface area contributed by atoms with E-state index in [1.807, 2.05) is 24.3 Å². The Balaban J connectivity index is 1.49. The summed E-state index contributed by atoms with van der Waals surface area (Å²) in [5, 5.41) is 5.19. The van der Waals surface area contributed by atoms with Gasteiger partial charge in [-0.3, -0.25) is 0 Å². The summed E-state index contributed by atoms with van der Waals surface area (Å²) in [7, 11) is 0. The molecule has 0 amide bonds. The zero-order valence-electron chi connectivity index (χ0n) is 17.7. The topological polar surface area (TPSA) is 25.8 Å². The number of nitrogens with zero attached hydrogens (tertiary/aromatic N) is 2. The van der Waals surface area contributed by atoms with E-state index in [1.54, 1.807) is 0 Å². The fourth-order valence-corrected chi connectivity index (χ4v) is 4.58. The van der Waals surface area contributed by atoms with Crippen LogP contribution >= 0.6 is 11.6 Å². The number of fused-ring (bicyclic) bond motifs is 3. The molecule has 0 bridgehead atoms. The second kappa shape index (κ2) is 8.16. The zero-order chi connectivity index (χ0) is 22.2. The highest BCUT2D eigenvalue weighted by molar-refractivity contribution is 6.29. The minimum Gasteiger partial charge on any atom is -0.228 e. The van der Waals surface area contributed by atoms with E-state index in [9.17, 15) is 0 Å². The van der Waals surface area contributed by atoms with Crippen molar-refractivity contribution in [3.63, 3.8) is 0 Å². The van der Waals surface area contributed by atoms with E-state index in [0.29, 0.717) is 11.0 Å². The number of hydrogen-bond donors (Lipinski definition) is 0. The summed E-state index contributed by atoms with van der Waals surface area (Å²) in [6, 6.07) is 39.5. The van der Waals surface area contributed by atoms with Gasteiger partial charge in [0.2, 0.25) is 0 Å². The fraction of sp³-hybridized carbons (Fsp3) is 0. The first-order valence-electron chi connectivity index (χ1n) is 10.9. The van der Waals surface area contributed by atoms with Crippen LogP contribution in [0.3, 0.4) is 0 Å². The van der Waals surface area contributed by atoms with E-state index in [4.69, 9.17) is 16.6 Å². The summed E-state index contributed by atoms with van der Waals surface area (Å²) < 4.78 is 0. The third-order valence-electron chi connectivity index (χ3n) is 5.99. The van der Waals surface area contributed by atoms with Gasteiger partial charge in [-0.15, -0.1) is 0 Å². The largest absolute Gasteiger partial charge is 0.228 e. The Bertz CT molecular complexity index is 1610. The standard InChI is InChI=1S/C30H19ClN2/c31-29-19-28(27-18-23-10-4-5-11-24(23)25-12-6-7-13-26(25)27)32-30(33-29)22-16-14-21(15-17-22)20-8-2-1-3-9-20/h1-19H. The van der Waals surface area contributed by atoms with Crippen LogP contribution in [-0.4, -0.2) is 9.97 Å². The SMILES string of the molecule is Clc1cc(-c2cc3ccccc3c3ccccc23)nc(-c2ccc(-c3ccccc3)cc2)n1. The van der Waals surface area contributed by atoms with Crippen LogP contribution in [0, 0.1) is 0 Å². The maximum Gasteiger partial charge on any atom is 0.161 e. The maximum absolute atomic E-state index is 6.50.